The standard InChI is InChI=1S/C17H15F2NO/c1-12(10-13-6-2-4-8-15(13)18)17(21)20-11-14-7-3-5-9-16(14)19/h2-10H,11H2,1H3,(H,20,21)/b12-10+. The minimum Gasteiger partial charge on any atom is -0.348 e. The topological polar surface area (TPSA) is 29.1 Å². The van der Waals surface area contributed by atoms with E-state index in [9.17, 15) is 13.6 Å². The molecule has 0 fully saturated rings. The zero-order chi connectivity index (χ0) is 15.2. The Kier molecular flexibility index (Phi) is 4.82. The van der Waals surface area contributed by atoms with Crippen molar-refractivity contribution in [3.63, 3.8) is 0 Å². The van der Waals surface area contributed by atoms with Gasteiger partial charge >= 0.3 is 0 Å². The highest BCUT2D eigenvalue weighted by atomic mass is 19.1. The minimum atomic E-state index is -0.390. The molecule has 0 heterocycles. The van der Waals surface area contributed by atoms with Crippen LogP contribution in [-0.4, -0.2) is 5.91 Å². The van der Waals surface area contributed by atoms with Crippen LogP contribution in [0.15, 0.2) is 54.1 Å². The lowest BCUT2D eigenvalue weighted by Gasteiger charge is -2.07. The molecule has 4 heteroatoms. The fraction of sp³-hybridized carbons (Fsp3) is 0.118. The van der Waals surface area contributed by atoms with Crippen LogP contribution >= 0.6 is 0 Å². The Balaban J connectivity index is 2.04. The quantitative estimate of drug-likeness (QED) is 0.854. The molecule has 108 valence electrons. The molecule has 0 saturated heterocycles. The average Bonchev–Trinajstić information content (AvgIpc) is 2.48. The molecule has 2 nitrogen and oxygen atoms in total. The Morgan fingerprint density at radius 3 is 2.33 bits per heavy atom. The average molecular weight is 287 g/mol. The zero-order valence-electron chi connectivity index (χ0n) is 11.6. The van der Waals surface area contributed by atoms with Gasteiger partial charge in [0.2, 0.25) is 5.91 Å². The largest absolute Gasteiger partial charge is 0.348 e. The van der Waals surface area contributed by atoms with Gasteiger partial charge in [0.25, 0.3) is 0 Å². The van der Waals surface area contributed by atoms with Crippen molar-refractivity contribution < 1.29 is 13.6 Å². The summed E-state index contributed by atoms with van der Waals surface area (Å²) in [5.74, 6) is -1.12. The molecule has 2 aromatic carbocycles. The molecule has 0 spiro atoms. The van der Waals surface area contributed by atoms with E-state index >= 15 is 0 Å². The summed E-state index contributed by atoms with van der Waals surface area (Å²) in [6.07, 6.45) is 1.46. The van der Waals surface area contributed by atoms with Crippen molar-refractivity contribution in [2.45, 2.75) is 13.5 Å². The van der Waals surface area contributed by atoms with Crippen molar-refractivity contribution in [2.75, 3.05) is 0 Å². The molecule has 0 radical (unpaired) electrons. The summed E-state index contributed by atoms with van der Waals surface area (Å²) in [4.78, 5) is 11.9. The molecule has 0 aliphatic carbocycles. The van der Waals surface area contributed by atoms with Crippen LogP contribution in [0.25, 0.3) is 6.08 Å². The lowest BCUT2D eigenvalue weighted by Crippen LogP contribution is -2.23. The van der Waals surface area contributed by atoms with Gasteiger partial charge in [-0.2, -0.15) is 0 Å². The molecule has 0 saturated carbocycles. The molecule has 2 aromatic rings. The van der Waals surface area contributed by atoms with E-state index in [1.165, 1.54) is 18.2 Å². The molecule has 2 rings (SSSR count). The van der Waals surface area contributed by atoms with Gasteiger partial charge in [0.05, 0.1) is 0 Å². The second-order valence-electron chi connectivity index (χ2n) is 4.62. The molecule has 0 unspecified atom stereocenters. The van der Waals surface area contributed by atoms with Gasteiger partial charge < -0.3 is 5.32 Å². The zero-order valence-corrected chi connectivity index (χ0v) is 11.6. The maximum absolute atomic E-state index is 13.5. The highest BCUT2D eigenvalue weighted by molar-refractivity contribution is 5.97. The third-order valence-corrected chi connectivity index (χ3v) is 3.03. The van der Waals surface area contributed by atoms with Gasteiger partial charge in [0.15, 0.2) is 0 Å². The summed E-state index contributed by atoms with van der Waals surface area (Å²) in [5.41, 5.74) is 1.11. The first-order valence-electron chi connectivity index (χ1n) is 6.52. The van der Waals surface area contributed by atoms with Crippen molar-refractivity contribution in [3.8, 4) is 0 Å². The van der Waals surface area contributed by atoms with Gasteiger partial charge in [0, 0.05) is 23.2 Å². The van der Waals surface area contributed by atoms with Gasteiger partial charge in [0.1, 0.15) is 11.6 Å². The molecule has 0 bridgehead atoms. The van der Waals surface area contributed by atoms with E-state index in [0.29, 0.717) is 16.7 Å². The normalized spacial score (nSPS) is 11.3. The number of rotatable bonds is 4. The second kappa shape index (κ2) is 6.79. The number of carbonyl (C=O) groups excluding carboxylic acids is 1. The monoisotopic (exact) mass is 287 g/mol. The van der Waals surface area contributed by atoms with Crippen molar-refractivity contribution in [1.29, 1.82) is 0 Å². The van der Waals surface area contributed by atoms with Crippen LogP contribution in [0.2, 0.25) is 0 Å². The summed E-state index contributed by atoms with van der Waals surface area (Å²) in [6, 6.07) is 12.4. The van der Waals surface area contributed by atoms with Crippen molar-refractivity contribution in [3.05, 3.63) is 76.9 Å². The van der Waals surface area contributed by atoms with Crippen LogP contribution in [0.4, 0.5) is 8.78 Å². The number of halogens is 2. The van der Waals surface area contributed by atoms with Gasteiger partial charge in [-0.05, 0) is 25.1 Å². The Hall–Kier alpha value is -2.49. The highest BCUT2D eigenvalue weighted by Gasteiger charge is 2.07. The molecule has 0 atom stereocenters. The molecule has 1 amide bonds. The van der Waals surface area contributed by atoms with Crippen LogP contribution in [0.1, 0.15) is 18.1 Å². The van der Waals surface area contributed by atoms with Gasteiger partial charge in [-0.1, -0.05) is 36.4 Å². The lowest BCUT2D eigenvalue weighted by molar-refractivity contribution is -0.117. The number of amides is 1. The van der Waals surface area contributed by atoms with Crippen LogP contribution in [-0.2, 0) is 11.3 Å². The Morgan fingerprint density at radius 2 is 1.67 bits per heavy atom. The molecule has 0 aliphatic heterocycles. The van der Waals surface area contributed by atoms with E-state index in [0.717, 1.165) is 0 Å². The van der Waals surface area contributed by atoms with Crippen molar-refractivity contribution in [1.82, 2.24) is 5.32 Å². The number of nitrogens with one attached hydrogen (secondary N) is 1. The fourth-order valence-electron chi connectivity index (χ4n) is 1.85. The summed E-state index contributed by atoms with van der Waals surface area (Å²) < 4.78 is 26.9. The summed E-state index contributed by atoms with van der Waals surface area (Å²) >= 11 is 0. The van der Waals surface area contributed by atoms with E-state index in [-0.39, 0.29) is 18.3 Å². The molecule has 1 N–H and O–H groups in total. The molecular weight excluding hydrogens is 272 g/mol. The SMILES string of the molecule is C/C(=C\c1ccccc1F)C(=O)NCc1ccccc1F. The van der Waals surface area contributed by atoms with Gasteiger partial charge in [-0.3, -0.25) is 4.79 Å². The van der Waals surface area contributed by atoms with Crippen LogP contribution in [0.3, 0.4) is 0 Å². The van der Waals surface area contributed by atoms with Crippen molar-refractivity contribution >= 4 is 12.0 Å². The predicted molar refractivity (Wildman–Crippen MR) is 78.3 cm³/mol. The van der Waals surface area contributed by atoms with E-state index in [1.807, 2.05) is 0 Å². The number of carbonyl (C=O) groups is 1. The highest BCUT2D eigenvalue weighted by Crippen LogP contribution is 2.12. The third kappa shape index (κ3) is 3.99. The van der Waals surface area contributed by atoms with Crippen LogP contribution in [0, 0.1) is 11.6 Å². The first kappa shape index (κ1) is 14.9. The van der Waals surface area contributed by atoms with E-state index in [4.69, 9.17) is 0 Å². The maximum Gasteiger partial charge on any atom is 0.247 e. The summed E-state index contributed by atoms with van der Waals surface area (Å²) in [6.45, 7) is 1.68. The molecular formula is C17H15F2NO. The smallest absolute Gasteiger partial charge is 0.247 e. The first-order chi connectivity index (χ1) is 10.1. The fourth-order valence-corrected chi connectivity index (χ4v) is 1.85. The van der Waals surface area contributed by atoms with Crippen molar-refractivity contribution in [2.24, 2.45) is 0 Å². The lowest BCUT2D eigenvalue weighted by atomic mass is 10.1. The predicted octanol–water partition coefficient (Wildman–Crippen LogP) is 3.68. The number of benzene rings is 2. The Morgan fingerprint density at radius 1 is 1.05 bits per heavy atom. The van der Waals surface area contributed by atoms with Gasteiger partial charge in [-0.25, -0.2) is 8.78 Å². The summed E-state index contributed by atoms with van der Waals surface area (Å²) in [5, 5.41) is 2.61. The summed E-state index contributed by atoms with van der Waals surface area (Å²) in [7, 11) is 0. The van der Waals surface area contributed by atoms with E-state index in [2.05, 4.69) is 5.32 Å². The first-order valence-corrected chi connectivity index (χ1v) is 6.52. The molecule has 0 aromatic heterocycles. The molecule has 0 aliphatic rings. The Labute approximate surface area is 122 Å². The van der Waals surface area contributed by atoms with E-state index < -0.39 is 5.82 Å². The maximum atomic E-state index is 13.5. The second-order valence-corrected chi connectivity index (χ2v) is 4.62. The number of hydrogen-bond donors (Lipinski definition) is 1. The molecule has 21 heavy (non-hydrogen) atoms. The Bertz CT molecular complexity index is 680. The van der Waals surface area contributed by atoms with Crippen LogP contribution in [0.5, 0.6) is 0 Å². The third-order valence-electron chi connectivity index (χ3n) is 3.03. The minimum absolute atomic E-state index is 0.0912. The van der Waals surface area contributed by atoms with Crippen LogP contribution < -0.4 is 5.32 Å². The van der Waals surface area contributed by atoms with E-state index in [1.54, 1.807) is 43.3 Å². The number of hydrogen-bond acceptors (Lipinski definition) is 1. The van der Waals surface area contributed by atoms with Gasteiger partial charge in [-0.15, -0.1) is 0 Å².